The van der Waals surface area contributed by atoms with Crippen LogP contribution in [0.15, 0.2) is 6.33 Å². The number of hydrogen-bond acceptors (Lipinski definition) is 4. The van der Waals surface area contributed by atoms with Gasteiger partial charge in [-0.15, -0.1) is 0 Å². The standard InChI is InChI=1S/C10H17N3O/c1-4-5-14-10-8(7(2)3)9(11)12-6-13-10/h6-7H,4-5H2,1-3H3,(H2,11,12,13). The lowest BCUT2D eigenvalue weighted by atomic mass is 10.1. The van der Waals surface area contributed by atoms with E-state index in [9.17, 15) is 0 Å². The maximum absolute atomic E-state index is 5.76. The molecule has 0 unspecified atom stereocenters. The summed E-state index contributed by atoms with van der Waals surface area (Å²) < 4.78 is 5.50. The number of nitrogens with zero attached hydrogens (tertiary/aromatic N) is 2. The number of rotatable bonds is 4. The molecule has 0 aliphatic rings. The van der Waals surface area contributed by atoms with Gasteiger partial charge in [-0.25, -0.2) is 9.97 Å². The van der Waals surface area contributed by atoms with Gasteiger partial charge in [-0.05, 0) is 12.3 Å². The highest BCUT2D eigenvalue weighted by Crippen LogP contribution is 2.27. The van der Waals surface area contributed by atoms with Crippen molar-refractivity contribution >= 4 is 5.82 Å². The molecular formula is C10H17N3O. The van der Waals surface area contributed by atoms with E-state index < -0.39 is 0 Å². The molecule has 1 aromatic heterocycles. The normalized spacial score (nSPS) is 10.6. The lowest BCUT2D eigenvalue weighted by Crippen LogP contribution is -2.07. The van der Waals surface area contributed by atoms with Crippen molar-refractivity contribution in [1.82, 2.24) is 9.97 Å². The maximum Gasteiger partial charge on any atom is 0.222 e. The van der Waals surface area contributed by atoms with Gasteiger partial charge in [0.05, 0.1) is 12.2 Å². The highest BCUT2D eigenvalue weighted by molar-refractivity contribution is 5.46. The quantitative estimate of drug-likeness (QED) is 0.797. The van der Waals surface area contributed by atoms with Crippen LogP contribution < -0.4 is 10.5 Å². The van der Waals surface area contributed by atoms with Crippen LogP contribution in [0.4, 0.5) is 5.82 Å². The van der Waals surface area contributed by atoms with E-state index in [0.717, 1.165) is 12.0 Å². The Balaban J connectivity index is 2.96. The van der Waals surface area contributed by atoms with Gasteiger partial charge in [0.15, 0.2) is 0 Å². The van der Waals surface area contributed by atoms with Gasteiger partial charge in [0.1, 0.15) is 12.1 Å². The fourth-order valence-corrected chi connectivity index (χ4v) is 1.25. The molecule has 0 bridgehead atoms. The average molecular weight is 195 g/mol. The van der Waals surface area contributed by atoms with E-state index in [1.165, 1.54) is 6.33 Å². The molecule has 78 valence electrons. The molecule has 2 N–H and O–H groups in total. The van der Waals surface area contributed by atoms with E-state index in [0.29, 0.717) is 18.3 Å². The molecule has 0 fully saturated rings. The number of hydrogen-bond donors (Lipinski definition) is 1. The Kier molecular flexibility index (Phi) is 3.68. The highest BCUT2D eigenvalue weighted by atomic mass is 16.5. The zero-order valence-corrected chi connectivity index (χ0v) is 8.95. The molecule has 0 aromatic carbocycles. The first kappa shape index (κ1) is 10.8. The molecule has 0 spiro atoms. The topological polar surface area (TPSA) is 61.0 Å². The minimum atomic E-state index is 0.281. The number of nitrogens with two attached hydrogens (primary N) is 1. The molecule has 14 heavy (non-hydrogen) atoms. The van der Waals surface area contributed by atoms with Crippen LogP contribution in [-0.2, 0) is 0 Å². The van der Waals surface area contributed by atoms with Gasteiger partial charge < -0.3 is 10.5 Å². The molecule has 1 heterocycles. The lowest BCUT2D eigenvalue weighted by molar-refractivity contribution is 0.300. The third-order valence-corrected chi connectivity index (χ3v) is 1.90. The van der Waals surface area contributed by atoms with Crippen LogP contribution in [0.5, 0.6) is 5.88 Å². The predicted molar refractivity (Wildman–Crippen MR) is 56.3 cm³/mol. The molecule has 0 atom stereocenters. The van der Waals surface area contributed by atoms with Crippen LogP contribution >= 0.6 is 0 Å². The van der Waals surface area contributed by atoms with Crippen molar-refractivity contribution in [2.75, 3.05) is 12.3 Å². The summed E-state index contributed by atoms with van der Waals surface area (Å²) >= 11 is 0. The molecule has 4 heteroatoms. The lowest BCUT2D eigenvalue weighted by Gasteiger charge is -2.13. The zero-order chi connectivity index (χ0) is 10.6. The Labute approximate surface area is 84.5 Å². The first-order chi connectivity index (χ1) is 6.66. The fraction of sp³-hybridized carbons (Fsp3) is 0.600. The van der Waals surface area contributed by atoms with Crippen LogP contribution in [0.2, 0.25) is 0 Å². The first-order valence-electron chi connectivity index (χ1n) is 4.90. The number of ether oxygens (including phenoxy) is 1. The summed E-state index contributed by atoms with van der Waals surface area (Å²) in [5.74, 6) is 1.42. The molecule has 1 aromatic rings. The first-order valence-corrected chi connectivity index (χ1v) is 4.90. The molecular weight excluding hydrogens is 178 g/mol. The van der Waals surface area contributed by atoms with E-state index in [1.807, 2.05) is 13.8 Å². The maximum atomic E-state index is 5.76. The van der Waals surface area contributed by atoms with E-state index in [1.54, 1.807) is 0 Å². The van der Waals surface area contributed by atoms with Crippen LogP contribution in [0, 0.1) is 0 Å². The van der Waals surface area contributed by atoms with Crippen molar-refractivity contribution in [3.63, 3.8) is 0 Å². The van der Waals surface area contributed by atoms with E-state index in [-0.39, 0.29) is 5.92 Å². The van der Waals surface area contributed by atoms with Crippen molar-refractivity contribution in [2.24, 2.45) is 0 Å². The Bertz CT molecular complexity index is 299. The molecule has 0 radical (unpaired) electrons. The molecule has 0 amide bonds. The predicted octanol–water partition coefficient (Wildman–Crippen LogP) is 1.97. The summed E-state index contributed by atoms with van der Waals surface area (Å²) in [4.78, 5) is 8.04. The molecule has 0 saturated carbocycles. The Hall–Kier alpha value is -1.32. The van der Waals surface area contributed by atoms with Crippen LogP contribution in [0.25, 0.3) is 0 Å². The Morgan fingerprint density at radius 1 is 1.43 bits per heavy atom. The van der Waals surface area contributed by atoms with Crippen LogP contribution in [0.1, 0.15) is 38.7 Å². The van der Waals surface area contributed by atoms with Gasteiger partial charge in [-0.1, -0.05) is 20.8 Å². The van der Waals surface area contributed by atoms with Gasteiger partial charge in [0.25, 0.3) is 0 Å². The SMILES string of the molecule is CCCOc1ncnc(N)c1C(C)C. The Morgan fingerprint density at radius 3 is 2.71 bits per heavy atom. The van der Waals surface area contributed by atoms with Crippen LogP contribution in [-0.4, -0.2) is 16.6 Å². The Morgan fingerprint density at radius 2 is 2.14 bits per heavy atom. The van der Waals surface area contributed by atoms with E-state index >= 15 is 0 Å². The van der Waals surface area contributed by atoms with Crippen molar-refractivity contribution < 1.29 is 4.74 Å². The monoisotopic (exact) mass is 195 g/mol. The summed E-state index contributed by atoms with van der Waals surface area (Å²) in [6.07, 6.45) is 2.40. The number of anilines is 1. The van der Waals surface area contributed by atoms with E-state index in [2.05, 4.69) is 16.9 Å². The fourth-order valence-electron chi connectivity index (χ4n) is 1.25. The van der Waals surface area contributed by atoms with Crippen molar-refractivity contribution in [1.29, 1.82) is 0 Å². The number of aromatic nitrogens is 2. The summed E-state index contributed by atoms with van der Waals surface area (Å²) in [6.45, 7) is 6.82. The van der Waals surface area contributed by atoms with Gasteiger partial charge in [0, 0.05) is 0 Å². The van der Waals surface area contributed by atoms with Crippen molar-refractivity contribution in [3.8, 4) is 5.88 Å². The van der Waals surface area contributed by atoms with Crippen molar-refractivity contribution in [2.45, 2.75) is 33.1 Å². The summed E-state index contributed by atoms with van der Waals surface area (Å²) in [7, 11) is 0. The molecule has 0 aliphatic carbocycles. The average Bonchev–Trinajstić information content (AvgIpc) is 2.14. The minimum absolute atomic E-state index is 0.281. The number of nitrogen functional groups attached to an aromatic ring is 1. The van der Waals surface area contributed by atoms with Crippen LogP contribution in [0.3, 0.4) is 0 Å². The van der Waals surface area contributed by atoms with Gasteiger partial charge >= 0.3 is 0 Å². The third kappa shape index (κ3) is 2.34. The zero-order valence-electron chi connectivity index (χ0n) is 8.95. The second-order valence-electron chi connectivity index (χ2n) is 3.48. The molecule has 4 nitrogen and oxygen atoms in total. The summed E-state index contributed by atoms with van der Waals surface area (Å²) in [5, 5.41) is 0. The summed E-state index contributed by atoms with van der Waals surface area (Å²) in [6, 6.07) is 0. The van der Waals surface area contributed by atoms with Gasteiger partial charge in [-0.2, -0.15) is 0 Å². The summed E-state index contributed by atoms with van der Waals surface area (Å²) in [5.41, 5.74) is 6.67. The van der Waals surface area contributed by atoms with E-state index in [4.69, 9.17) is 10.5 Å². The van der Waals surface area contributed by atoms with Gasteiger partial charge in [0.2, 0.25) is 5.88 Å². The minimum Gasteiger partial charge on any atom is -0.477 e. The largest absolute Gasteiger partial charge is 0.477 e. The second-order valence-corrected chi connectivity index (χ2v) is 3.48. The molecule has 1 rings (SSSR count). The highest BCUT2D eigenvalue weighted by Gasteiger charge is 2.13. The second kappa shape index (κ2) is 4.79. The molecule has 0 aliphatic heterocycles. The van der Waals surface area contributed by atoms with Crippen molar-refractivity contribution in [3.05, 3.63) is 11.9 Å². The smallest absolute Gasteiger partial charge is 0.222 e. The molecule has 0 saturated heterocycles. The third-order valence-electron chi connectivity index (χ3n) is 1.90. The van der Waals surface area contributed by atoms with Gasteiger partial charge in [-0.3, -0.25) is 0 Å².